The molecule has 0 saturated heterocycles. The average molecular weight is 267 g/mol. The van der Waals surface area contributed by atoms with Gasteiger partial charge in [0.15, 0.2) is 6.29 Å². The summed E-state index contributed by atoms with van der Waals surface area (Å²) in [4.78, 5) is 31.3. The van der Waals surface area contributed by atoms with Gasteiger partial charge in [-0.25, -0.2) is 0 Å². The van der Waals surface area contributed by atoms with Crippen LogP contribution in [0.5, 0.6) is 5.75 Å². The van der Waals surface area contributed by atoms with Gasteiger partial charge in [-0.15, -0.1) is 0 Å². The molecule has 0 saturated carbocycles. The second-order valence-corrected chi connectivity index (χ2v) is 3.89. The summed E-state index contributed by atoms with van der Waals surface area (Å²) in [5.41, 5.74) is 0.142. The summed E-state index contributed by atoms with van der Waals surface area (Å²) in [5, 5.41) is 19.3. The van der Waals surface area contributed by atoms with Crippen LogP contribution in [-0.4, -0.2) is 28.9 Å². The molecule has 0 spiro atoms. The number of carbonyl (C=O) groups is 2. The lowest BCUT2D eigenvalue weighted by Gasteiger charge is -2.08. The molecule has 19 heavy (non-hydrogen) atoms. The Hall–Kier alpha value is -2.44. The van der Waals surface area contributed by atoms with Crippen molar-refractivity contribution in [2.75, 3.05) is 6.61 Å². The van der Waals surface area contributed by atoms with Crippen molar-refractivity contribution < 1.29 is 24.4 Å². The van der Waals surface area contributed by atoms with Gasteiger partial charge >= 0.3 is 5.97 Å². The summed E-state index contributed by atoms with van der Waals surface area (Å²) in [7, 11) is 0. The topological polar surface area (TPSA) is 107 Å². The van der Waals surface area contributed by atoms with Gasteiger partial charge in [0.25, 0.3) is 5.69 Å². The first-order valence-electron chi connectivity index (χ1n) is 5.54. The van der Waals surface area contributed by atoms with Gasteiger partial charge in [-0.3, -0.25) is 19.7 Å². The van der Waals surface area contributed by atoms with E-state index in [-0.39, 0.29) is 30.0 Å². The number of aliphatic carboxylic acids is 1. The molecule has 1 rings (SSSR count). The fourth-order valence-corrected chi connectivity index (χ4v) is 1.55. The second kappa shape index (κ2) is 6.48. The highest BCUT2D eigenvalue weighted by Crippen LogP contribution is 2.27. The van der Waals surface area contributed by atoms with Gasteiger partial charge in [-0.05, 0) is 25.0 Å². The zero-order valence-corrected chi connectivity index (χ0v) is 10.3. The van der Waals surface area contributed by atoms with Gasteiger partial charge in [-0.2, -0.15) is 0 Å². The Balaban J connectivity index is 2.83. The van der Waals surface area contributed by atoms with Gasteiger partial charge < -0.3 is 9.84 Å². The Bertz CT molecular complexity index is 511. The number of aldehydes is 1. The van der Waals surface area contributed by atoms with Crippen LogP contribution in [0.3, 0.4) is 0 Å². The minimum atomic E-state index is -0.929. The molecule has 0 bridgehead atoms. The van der Waals surface area contributed by atoms with Crippen LogP contribution in [0, 0.1) is 17.0 Å². The summed E-state index contributed by atoms with van der Waals surface area (Å²) in [6, 6.07) is 2.68. The number of ether oxygens (including phenoxy) is 1. The Morgan fingerprint density at radius 3 is 2.74 bits per heavy atom. The van der Waals surface area contributed by atoms with E-state index >= 15 is 0 Å². The maximum Gasteiger partial charge on any atom is 0.303 e. The molecule has 7 nitrogen and oxygen atoms in total. The van der Waals surface area contributed by atoms with Crippen LogP contribution in [0.1, 0.15) is 28.8 Å². The zero-order chi connectivity index (χ0) is 14.4. The number of benzene rings is 1. The van der Waals surface area contributed by atoms with Crippen LogP contribution in [0.2, 0.25) is 0 Å². The normalized spacial score (nSPS) is 9.95. The number of hydrogen-bond acceptors (Lipinski definition) is 5. The van der Waals surface area contributed by atoms with E-state index in [1.165, 1.54) is 6.07 Å². The average Bonchev–Trinajstić information content (AvgIpc) is 2.33. The van der Waals surface area contributed by atoms with Gasteiger partial charge in [0.1, 0.15) is 5.75 Å². The van der Waals surface area contributed by atoms with Crippen molar-refractivity contribution in [3.8, 4) is 5.75 Å². The standard InChI is InChI=1S/C12H13NO6/c1-8-5-9(19-4-2-3-12(15)16)6-11(13(17)18)10(8)7-14/h5-7H,2-4H2,1H3,(H,15,16). The molecule has 0 unspecified atom stereocenters. The van der Waals surface area contributed by atoms with E-state index in [0.29, 0.717) is 18.3 Å². The van der Waals surface area contributed by atoms with E-state index in [4.69, 9.17) is 9.84 Å². The van der Waals surface area contributed by atoms with Gasteiger partial charge in [-0.1, -0.05) is 0 Å². The Kier molecular flexibility index (Phi) is 4.99. The largest absolute Gasteiger partial charge is 0.493 e. The molecule has 1 aromatic rings. The summed E-state index contributed by atoms with van der Waals surface area (Å²) < 4.78 is 5.24. The third-order valence-electron chi connectivity index (χ3n) is 2.46. The first-order valence-corrected chi connectivity index (χ1v) is 5.54. The fraction of sp³-hybridized carbons (Fsp3) is 0.333. The molecule has 0 amide bonds. The smallest absolute Gasteiger partial charge is 0.303 e. The lowest BCUT2D eigenvalue weighted by atomic mass is 10.1. The lowest BCUT2D eigenvalue weighted by molar-refractivity contribution is -0.385. The number of nitro groups is 1. The molecule has 0 atom stereocenters. The SMILES string of the molecule is Cc1cc(OCCCC(=O)O)cc([N+](=O)[O-])c1C=O. The zero-order valence-electron chi connectivity index (χ0n) is 10.3. The predicted molar refractivity (Wildman–Crippen MR) is 65.6 cm³/mol. The minimum Gasteiger partial charge on any atom is -0.493 e. The van der Waals surface area contributed by atoms with Crippen LogP contribution in [0.15, 0.2) is 12.1 Å². The van der Waals surface area contributed by atoms with Crippen LogP contribution < -0.4 is 4.74 Å². The van der Waals surface area contributed by atoms with Crippen molar-refractivity contribution in [1.29, 1.82) is 0 Å². The molecular formula is C12H13NO6. The molecule has 0 aliphatic heterocycles. The first-order chi connectivity index (χ1) is 8.95. The number of carboxylic acid groups (broad SMARTS) is 1. The van der Waals surface area contributed by atoms with Crippen molar-refractivity contribution in [2.24, 2.45) is 0 Å². The third-order valence-corrected chi connectivity index (χ3v) is 2.46. The molecule has 0 aliphatic carbocycles. The Morgan fingerprint density at radius 2 is 2.21 bits per heavy atom. The maximum absolute atomic E-state index is 10.8. The van der Waals surface area contributed by atoms with Gasteiger partial charge in [0.05, 0.1) is 23.2 Å². The fourth-order valence-electron chi connectivity index (χ4n) is 1.55. The molecule has 1 aromatic carbocycles. The quantitative estimate of drug-likeness (QED) is 0.350. The van der Waals surface area contributed by atoms with Crippen molar-refractivity contribution in [3.63, 3.8) is 0 Å². The molecule has 1 N–H and O–H groups in total. The maximum atomic E-state index is 10.8. The number of nitro benzene ring substituents is 1. The third kappa shape index (κ3) is 4.06. The van der Waals surface area contributed by atoms with Gasteiger partial charge in [0, 0.05) is 6.42 Å². The van der Waals surface area contributed by atoms with Crippen molar-refractivity contribution >= 4 is 17.9 Å². The summed E-state index contributed by atoms with van der Waals surface area (Å²) in [6.45, 7) is 1.71. The highest BCUT2D eigenvalue weighted by molar-refractivity contribution is 5.84. The summed E-state index contributed by atoms with van der Waals surface area (Å²) >= 11 is 0. The van der Waals surface area contributed by atoms with Crippen molar-refractivity contribution in [2.45, 2.75) is 19.8 Å². The van der Waals surface area contributed by atoms with Crippen molar-refractivity contribution in [3.05, 3.63) is 33.4 Å². The number of carboxylic acids is 1. The van der Waals surface area contributed by atoms with E-state index < -0.39 is 10.9 Å². The van der Waals surface area contributed by atoms with Crippen LogP contribution in [0.25, 0.3) is 0 Å². The van der Waals surface area contributed by atoms with E-state index in [2.05, 4.69) is 0 Å². The summed E-state index contributed by atoms with van der Waals surface area (Å²) in [6.07, 6.45) is 0.701. The second-order valence-electron chi connectivity index (χ2n) is 3.89. The first kappa shape index (κ1) is 14.6. The van der Waals surface area contributed by atoms with Crippen molar-refractivity contribution in [1.82, 2.24) is 0 Å². The molecule has 0 aliphatic rings. The molecular weight excluding hydrogens is 254 g/mol. The molecule has 0 radical (unpaired) electrons. The van der Waals surface area contributed by atoms with E-state index in [9.17, 15) is 19.7 Å². The number of rotatable bonds is 7. The number of carbonyl (C=O) groups excluding carboxylic acids is 1. The number of aryl methyl sites for hydroxylation is 1. The predicted octanol–water partition coefficient (Wildman–Crippen LogP) is 1.96. The lowest BCUT2D eigenvalue weighted by Crippen LogP contribution is -2.04. The Labute approximate surface area is 109 Å². The highest BCUT2D eigenvalue weighted by Gasteiger charge is 2.17. The van der Waals surface area contributed by atoms with Crippen LogP contribution in [0.4, 0.5) is 5.69 Å². The van der Waals surface area contributed by atoms with Crippen LogP contribution >= 0.6 is 0 Å². The minimum absolute atomic E-state index is 0.0166. The number of hydrogen-bond donors (Lipinski definition) is 1. The van der Waals surface area contributed by atoms with E-state index in [1.807, 2.05) is 0 Å². The molecule has 0 fully saturated rings. The Morgan fingerprint density at radius 1 is 1.53 bits per heavy atom. The monoisotopic (exact) mass is 267 g/mol. The van der Waals surface area contributed by atoms with E-state index in [1.54, 1.807) is 6.92 Å². The number of nitrogens with zero attached hydrogens (tertiary/aromatic N) is 1. The highest BCUT2D eigenvalue weighted by atomic mass is 16.6. The molecule has 7 heteroatoms. The summed E-state index contributed by atoms with van der Waals surface area (Å²) in [5.74, 6) is -0.678. The van der Waals surface area contributed by atoms with Crippen LogP contribution in [-0.2, 0) is 4.79 Å². The van der Waals surface area contributed by atoms with E-state index in [0.717, 1.165) is 6.07 Å². The molecule has 0 aromatic heterocycles. The van der Waals surface area contributed by atoms with Gasteiger partial charge in [0.2, 0.25) is 0 Å². The molecule has 102 valence electrons. The molecule has 0 heterocycles.